The summed E-state index contributed by atoms with van der Waals surface area (Å²) in [5, 5.41) is 11.4. The molecule has 0 amide bonds. The minimum Gasteiger partial charge on any atom is -0.507 e. The Kier molecular flexibility index (Phi) is 3.39. The number of hydrogen-bond donors (Lipinski definition) is 1. The molecule has 0 saturated carbocycles. The van der Waals surface area contributed by atoms with Crippen LogP contribution in [0.5, 0.6) is 5.75 Å². The van der Waals surface area contributed by atoms with E-state index in [-0.39, 0.29) is 11.2 Å². The maximum Gasteiger partial charge on any atom is 0.128 e. The average Bonchev–Trinajstić information content (AvgIpc) is 3.09. The van der Waals surface area contributed by atoms with Crippen LogP contribution in [0.25, 0.3) is 26.5 Å². The molecule has 4 rings (SSSR count). The number of ether oxygens (including phenoxy) is 1. The van der Waals surface area contributed by atoms with E-state index in [1.807, 2.05) is 36.4 Å². The van der Waals surface area contributed by atoms with Gasteiger partial charge in [0.1, 0.15) is 16.5 Å². The number of phenols is 1. The van der Waals surface area contributed by atoms with E-state index in [1.54, 1.807) is 17.4 Å². The topological polar surface area (TPSA) is 42.4 Å². The SMILES string of the molecule is CC1=C(c2ccc(-c3nc4ccccc4s3)c(O)c2)OCC1(C)C. The zero-order chi connectivity index (χ0) is 16.9. The molecule has 0 radical (unpaired) electrons. The number of benzene rings is 2. The van der Waals surface area contributed by atoms with Crippen LogP contribution in [0, 0.1) is 5.41 Å². The number of fused-ring (bicyclic) bond motifs is 1. The Bertz CT molecular complexity index is 936. The van der Waals surface area contributed by atoms with Gasteiger partial charge in [0, 0.05) is 11.0 Å². The van der Waals surface area contributed by atoms with Crippen molar-refractivity contribution in [3.05, 3.63) is 53.6 Å². The summed E-state index contributed by atoms with van der Waals surface area (Å²) in [4.78, 5) is 4.62. The molecule has 0 fully saturated rings. The van der Waals surface area contributed by atoms with Gasteiger partial charge in [0.15, 0.2) is 0 Å². The first-order chi connectivity index (χ1) is 11.5. The van der Waals surface area contributed by atoms with Crippen LogP contribution in [0.1, 0.15) is 26.3 Å². The molecule has 4 heteroatoms. The molecule has 1 aliphatic rings. The molecule has 0 spiro atoms. The van der Waals surface area contributed by atoms with Crippen molar-refractivity contribution in [3.63, 3.8) is 0 Å². The van der Waals surface area contributed by atoms with Gasteiger partial charge in [-0.15, -0.1) is 11.3 Å². The van der Waals surface area contributed by atoms with Crippen molar-refractivity contribution >= 4 is 27.3 Å². The molecule has 0 aliphatic carbocycles. The van der Waals surface area contributed by atoms with Crippen LogP contribution in [0.3, 0.4) is 0 Å². The predicted molar refractivity (Wildman–Crippen MR) is 99.0 cm³/mol. The number of aromatic nitrogens is 1. The summed E-state index contributed by atoms with van der Waals surface area (Å²) < 4.78 is 6.99. The maximum atomic E-state index is 10.5. The lowest BCUT2D eigenvalue weighted by molar-refractivity contribution is 0.223. The van der Waals surface area contributed by atoms with Crippen LogP contribution in [-0.2, 0) is 4.74 Å². The third kappa shape index (κ3) is 2.38. The summed E-state index contributed by atoms with van der Waals surface area (Å²) in [5.41, 5.74) is 3.89. The van der Waals surface area contributed by atoms with Gasteiger partial charge in [-0.25, -0.2) is 4.98 Å². The average molecular weight is 337 g/mol. The van der Waals surface area contributed by atoms with E-state index in [0.29, 0.717) is 6.61 Å². The predicted octanol–water partition coefficient (Wildman–Crippen LogP) is 5.46. The minimum absolute atomic E-state index is 0.0383. The fourth-order valence-electron chi connectivity index (χ4n) is 2.92. The Hall–Kier alpha value is -2.33. The molecule has 0 atom stereocenters. The van der Waals surface area contributed by atoms with Crippen LogP contribution in [0.2, 0.25) is 0 Å². The van der Waals surface area contributed by atoms with Crippen LogP contribution < -0.4 is 0 Å². The fraction of sp³-hybridized carbons (Fsp3) is 0.250. The molecule has 0 saturated heterocycles. The second-order valence-electron chi connectivity index (χ2n) is 6.85. The van der Waals surface area contributed by atoms with E-state index >= 15 is 0 Å². The molecule has 2 heterocycles. The van der Waals surface area contributed by atoms with Crippen molar-refractivity contribution in [2.75, 3.05) is 6.61 Å². The Morgan fingerprint density at radius 1 is 1.17 bits per heavy atom. The molecule has 3 aromatic rings. The minimum atomic E-state index is 0.0383. The Labute approximate surface area is 145 Å². The number of nitrogens with zero attached hydrogens (tertiary/aromatic N) is 1. The Balaban J connectivity index is 1.76. The van der Waals surface area contributed by atoms with E-state index in [9.17, 15) is 5.11 Å². The summed E-state index contributed by atoms with van der Waals surface area (Å²) in [6, 6.07) is 13.7. The number of aromatic hydroxyl groups is 1. The quantitative estimate of drug-likeness (QED) is 0.675. The van der Waals surface area contributed by atoms with Crippen LogP contribution in [0.15, 0.2) is 48.0 Å². The van der Waals surface area contributed by atoms with Crippen molar-refractivity contribution in [1.29, 1.82) is 0 Å². The highest BCUT2D eigenvalue weighted by Crippen LogP contribution is 2.42. The monoisotopic (exact) mass is 337 g/mol. The standard InChI is InChI=1S/C20H19NO2S/c1-12-18(23-11-20(12,2)3)13-8-9-14(16(22)10-13)19-21-15-6-4-5-7-17(15)24-19/h4-10,22H,11H2,1-3H3. The number of hydrogen-bond acceptors (Lipinski definition) is 4. The first kappa shape index (κ1) is 15.2. The number of para-hydroxylation sites is 1. The fourth-order valence-corrected chi connectivity index (χ4v) is 3.92. The lowest BCUT2D eigenvalue weighted by Gasteiger charge is -2.15. The molecule has 0 unspecified atom stereocenters. The second-order valence-corrected chi connectivity index (χ2v) is 7.88. The molecule has 1 aromatic heterocycles. The zero-order valence-corrected chi connectivity index (χ0v) is 14.8. The van der Waals surface area contributed by atoms with E-state index in [4.69, 9.17) is 4.74 Å². The summed E-state index contributed by atoms with van der Waals surface area (Å²) in [7, 11) is 0. The van der Waals surface area contributed by atoms with Gasteiger partial charge in [-0.2, -0.15) is 0 Å². The Morgan fingerprint density at radius 3 is 2.62 bits per heavy atom. The molecule has 24 heavy (non-hydrogen) atoms. The van der Waals surface area contributed by atoms with E-state index < -0.39 is 0 Å². The second kappa shape index (κ2) is 5.35. The molecule has 1 aliphatic heterocycles. The van der Waals surface area contributed by atoms with Crippen molar-refractivity contribution in [2.24, 2.45) is 5.41 Å². The smallest absolute Gasteiger partial charge is 0.128 e. The van der Waals surface area contributed by atoms with E-state index in [2.05, 4.69) is 25.8 Å². The highest BCUT2D eigenvalue weighted by Gasteiger charge is 2.32. The number of phenolic OH excluding ortho intramolecular Hbond substituents is 1. The molecule has 2 aromatic carbocycles. The van der Waals surface area contributed by atoms with E-state index in [1.165, 1.54) is 5.57 Å². The third-order valence-electron chi connectivity index (χ3n) is 4.72. The first-order valence-electron chi connectivity index (χ1n) is 7.99. The van der Waals surface area contributed by atoms with Gasteiger partial charge in [0.2, 0.25) is 0 Å². The number of rotatable bonds is 2. The van der Waals surface area contributed by atoms with Gasteiger partial charge < -0.3 is 9.84 Å². The molecule has 3 nitrogen and oxygen atoms in total. The normalized spacial score (nSPS) is 16.6. The molecule has 122 valence electrons. The third-order valence-corrected chi connectivity index (χ3v) is 5.79. The summed E-state index contributed by atoms with van der Waals surface area (Å²) in [5.74, 6) is 1.12. The van der Waals surface area contributed by atoms with Crippen molar-refractivity contribution in [1.82, 2.24) is 4.98 Å². The maximum absolute atomic E-state index is 10.5. The summed E-state index contributed by atoms with van der Waals surface area (Å²) in [6.45, 7) is 7.12. The van der Waals surface area contributed by atoms with Crippen molar-refractivity contribution < 1.29 is 9.84 Å². The van der Waals surface area contributed by atoms with E-state index in [0.717, 1.165) is 32.1 Å². The zero-order valence-electron chi connectivity index (χ0n) is 14.0. The molecular formula is C20H19NO2S. The molecule has 0 bridgehead atoms. The first-order valence-corrected chi connectivity index (χ1v) is 8.81. The van der Waals surface area contributed by atoms with Crippen molar-refractivity contribution in [2.45, 2.75) is 20.8 Å². The van der Waals surface area contributed by atoms with Gasteiger partial charge in [-0.05, 0) is 36.8 Å². The Morgan fingerprint density at radius 2 is 1.96 bits per heavy atom. The molecule has 1 N–H and O–H groups in total. The number of thiazole rings is 1. The van der Waals surface area contributed by atoms with Crippen LogP contribution in [-0.4, -0.2) is 16.7 Å². The lowest BCUT2D eigenvalue weighted by Crippen LogP contribution is -2.12. The summed E-state index contributed by atoms with van der Waals surface area (Å²) in [6.07, 6.45) is 0. The highest BCUT2D eigenvalue weighted by molar-refractivity contribution is 7.21. The highest BCUT2D eigenvalue weighted by atomic mass is 32.1. The van der Waals surface area contributed by atoms with Gasteiger partial charge in [0.05, 0.1) is 22.4 Å². The van der Waals surface area contributed by atoms with Crippen molar-refractivity contribution in [3.8, 4) is 16.3 Å². The van der Waals surface area contributed by atoms with Gasteiger partial charge in [-0.3, -0.25) is 0 Å². The van der Waals surface area contributed by atoms with Gasteiger partial charge >= 0.3 is 0 Å². The summed E-state index contributed by atoms with van der Waals surface area (Å²) >= 11 is 1.59. The largest absolute Gasteiger partial charge is 0.507 e. The lowest BCUT2D eigenvalue weighted by atomic mass is 9.86. The van der Waals surface area contributed by atoms with Crippen LogP contribution >= 0.6 is 11.3 Å². The van der Waals surface area contributed by atoms with Crippen LogP contribution in [0.4, 0.5) is 0 Å². The van der Waals surface area contributed by atoms with Gasteiger partial charge in [0.25, 0.3) is 0 Å². The molecular weight excluding hydrogens is 318 g/mol. The van der Waals surface area contributed by atoms with Gasteiger partial charge in [-0.1, -0.05) is 32.0 Å².